The first-order valence-electron chi connectivity index (χ1n) is 11.7. The molecular formula is C24H31FN4O5. The number of piperidine rings is 1. The molecule has 0 spiro atoms. The number of rotatable bonds is 5. The standard InChI is InChI=1S/C24H31FN4O5/c1-24(2,3)33-23(31)29-12-8-17(9-13-29)32-15-20-26-21(27-34-20)16-6-7-18(19(25)14-16)22(30)28-10-4-5-11-28/h6-7,14,17H,4-5,8-13,15H2,1-3H3. The van der Waals surface area contributed by atoms with Crippen LogP contribution in [0, 0.1) is 5.82 Å². The number of aromatic nitrogens is 2. The fourth-order valence-electron chi connectivity index (χ4n) is 4.07. The number of ether oxygens (including phenoxy) is 2. The number of nitrogens with zero attached hydrogens (tertiary/aromatic N) is 4. The number of hydrogen-bond acceptors (Lipinski definition) is 7. The molecule has 0 saturated carbocycles. The van der Waals surface area contributed by atoms with Crippen LogP contribution in [0.2, 0.25) is 0 Å². The summed E-state index contributed by atoms with van der Waals surface area (Å²) < 4.78 is 31.2. The summed E-state index contributed by atoms with van der Waals surface area (Å²) in [4.78, 5) is 32.3. The van der Waals surface area contributed by atoms with Gasteiger partial charge in [0.25, 0.3) is 11.8 Å². The first-order valence-corrected chi connectivity index (χ1v) is 11.7. The molecule has 10 heteroatoms. The van der Waals surface area contributed by atoms with Crippen LogP contribution in [0.3, 0.4) is 0 Å². The van der Waals surface area contributed by atoms with Crippen molar-refractivity contribution in [3.8, 4) is 11.4 Å². The minimum Gasteiger partial charge on any atom is -0.444 e. The number of amides is 2. The smallest absolute Gasteiger partial charge is 0.410 e. The number of carbonyl (C=O) groups excluding carboxylic acids is 2. The summed E-state index contributed by atoms with van der Waals surface area (Å²) >= 11 is 0. The summed E-state index contributed by atoms with van der Waals surface area (Å²) in [6.45, 7) is 8.08. The molecule has 0 aliphatic carbocycles. The van der Waals surface area contributed by atoms with Crippen LogP contribution in [0.25, 0.3) is 11.4 Å². The highest BCUT2D eigenvalue weighted by Crippen LogP contribution is 2.23. The molecule has 1 aromatic carbocycles. The third-order valence-corrected chi connectivity index (χ3v) is 5.86. The average Bonchev–Trinajstić information content (AvgIpc) is 3.49. The van der Waals surface area contributed by atoms with Crippen molar-refractivity contribution in [2.24, 2.45) is 0 Å². The van der Waals surface area contributed by atoms with E-state index in [4.69, 9.17) is 14.0 Å². The third kappa shape index (κ3) is 5.91. The van der Waals surface area contributed by atoms with Gasteiger partial charge in [0, 0.05) is 31.7 Å². The zero-order valence-corrected chi connectivity index (χ0v) is 19.9. The highest BCUT2D eigenvalue weighted by atomic mass is 19.1. The SMILES string of the molecule is CC(C)(C)OC(=O)N1CCC(OCc2nc(-c3ccc(C(=O)N4CCCC4)c(F)c3)no2)CC1. The predicted molar refractivity (Wildman–Crippen MR) is 120 cm³/mol. The lowest BCUT2D eigenvalue weighted by Crippen LogP contribution is -2.43. The maximum absolute atomic E-state index is 14.6. The highest BCUT2D eigenvalue weighted by molar-refractivity contribution is 5.95. The highest BCUT2D eigenvalue weighted by Gasteiger charge is 2.28. The van der Waals surface area contributed by atoms with Gasteiger partial charge in [-0.05, 0) is 58.6 Å². The van der Waals surface area contributed by atoms with Crippen molar-refractivity contribution < 1.29 is 28.0 Å². The molecule has 1 aromatic heterocycles. The molecule has 184 valence electrons. The lowest BCUT2D eigenvalue weighted by atomic mass is 10.1. The first kappa shape index (κ1) is 24.1. The molecule has 34 heavy (non-hydrogen) atoms. The Morgan fingerprint density at radius 1 is 1.12 bits per heavy atom. The van der Waals surface area contributed by atoms with E-state index in [-0.39, 0.29) is 42.0 Å². The normalized spacial score (nSPS) is 17.3. The number of likely N-dealkylation sites (tertiary alicyclic amines) is 2. The van der Waals surface area contributed by atoms with E-state index in [1.807, 2.05) is 20.8 Å². The van der Waals surface area contributed by atoms with Gasteiger partial charge in [-0.1, -0.05) is 11.2 Å². The molecule has 9 nitrogen and oxygen atoms in total. The molecule has 0 N–H and O–H groups in total. The summed E-state index contributed by atoms with van der Waals surface area (Å²) in [5.74, 6) is -0.380. The molecule has 2 saturated heterocycles. The van der Waals surface area contributed by atoms with Gasteiger partial charge >= 0.3 is 6.09 Å². The molecule has 2 aliphatic rings. The second-order valence-corrected chi connectivity index (χ2v) is 9.68. The minimum atomic E-state index is -0.603. The van der Waals surface area contributed by atoms with Gasteiger partial charge in [0.2, 0.25) is 5.82 Å². The predicted octanol–water partition coefficient (Wildman–Crippen LogP) is 4.03. The summed E-state index contributed by atoms with van der Waals surface area (Å²) in [6.07, 6.45) is 2.90. The van der Waals surface area contributed by atoms with E-state index in [9.17, 15) is 14.0 Å². The van der Waals surface area contributed by atoms with Crippen LogP contribution < -0.4 is 0 Å². The summed E-state index contributed by atoms with van der Waals surface area (Å²) in [5.41, 5.74) is -0.0428. The molecule has 0 radical (unpaired) electrons. The van der Waals surface area contributed by atoms with E-state index in [2.05, 4.69) is 10.1 Å². The van der Waals surface area contributed by atoms with E-state index < -0.39 is 11.4 Å². The van der Waals surface area contributed by atoms with E-state index >= 15 is 0 Å². The molecule has 0 bridgehead atoms. The van der Waals surface area contributed by atoms with Gasteiger partial charge in [0.15, 0.2) is 0 Å². The van der Waals surface area contributed by atoms with Crippen molar-refractivity contribution in [2.75, 3.05) is 26.2 Å². The first-order chi connectivity index (χ1) is 16.2. The van der Waals surface area contributed by atoms with E-state index in [0.717, 1.165) is 12.8 Å². The van der Waals surface area contributed by atoms with Crippen LogP contribution in [0.4, 0.5) is 9.18 Å². The molecule has 2 aliphatic heterocycles. The van der Waals surface area contributed by atoms with Crippen LogP contribution >= 0.6 is 0 Å². The maximum atomic E-state index is 14.6. The molecule has 2 fully saturated rings. The van der Waals surface area contributed by atoms with Crippen LogP contribution in [0.15, 0.2) is 22.7 Å². The quantitative estimate of drug-likeness (QED) is 0.645. The minimum absolute atomic E-state index is 0.0395. The van der Waals surface area contributed by atoms with Gasteiger partial charge in [-0.15, -0.1) is 0 Å². The Hall–Kier alpha value is -3.01. The van der Waals surface area contributed by atoms with Gasteiger partial charge in [-0.25, -0.2) is 9.18 Å². The van der Waals surface area contributed by atoms with Gasteiger partial charge in [0.1, 0.15) is 18.0 Å². The van der Waals surface area contributed by atoms with Crippen LogP contribution in [-0.2, 0) is 16.1 Å². The van der Waals surface area contributed by atoms with E-state index in [1.54, 1.807) is 15.9 Å². The van der Waals surface area contributed by atoms with Crippen LogP contribution in [0.5, 0.6) is 0 Å². The van der Waals surface area contributed by atoms with Crippen molar-refractivity contribution in [1.82, 2.24) is 19.9 Å². The topological polar surface area (TPSA) is 98.0 Å². The van der Waals surface area contributed by atoms with Gasteiger partial charge in [0.05, 0.1) is 11.7 Å². The maximum Gasteiger partial charge on any atom is 0.410 e. The van der Waals surface area contributed by atoms with Gasteiger partial charge < -0.3 is 23.8 Å². The molecule has 4 rings (SSSR count). The van der Waals surface area contributed by atoms with Crippen LogP contribution in [-0.4, -0.2) is 69.8 Å². The Morgan fingerprint density at radius 2 is 1.82 bits per heavy atom. The Morgan fingerprint density at radius 3 is 2.47 bits per heavy atom. The van der Waals surface area contributed by atoms with E-state index in [1.165, 1.54) is 12.1 Å². The Labute approximate surface area is 198 Å². The van der Waals surface area contributed by atoms with Gasteiger partial charge in [-0.2, -0.15) is 4.98 Å². The number of carbonyl (C=O) groups is 2. The number of benzene rings is 1. The van der Waals surface area contributed by atoms with Crippen molar-refractivity contribution in [2.45, 2.75) is 64.8 Å². The van der Waals surface area contributed by atoms with Crippen molar-refractivity contribution >= 4 is 12.0 Å². The van der Waals surface area contributed by atoms with E-state index in [0.29, 0.717) is 44.6 Å². The lowest BCUT2D eigenvalue weighted by molar-refractivity contribution is -0.0231. The molecule has 0 atom stereocenters. The summed E-state index contributed by atoms with van der Waals surface area (Å²) in [5, 5.41) is 3.92. The third-order valence-electron chi connectivity index (χ3n) is 5.86. The fourth-order valence-corrected chi connectivity index (χ4v) is 4.07. The Bertz CT molecular complexity index is 1020. The zero-order valence-electron chi connectivity index (χ0n) is 19.9. The van der Waals surface area contributed by atoms with Crippen LogP contribution in [0.1, 0.15) is 62.7 Å². The average molecular weight is 475 g/mol. The molecular weight excluding hydrogens is 443 g/mol. The molecule has 2 aromatic rings. The van der Waals surface area contributed by atoms with Gasteiger partial charge in [-0.3, -0.25) is 4.79 Å². The number of hydrogen-bond donors (Lipinski definition) is 0. The summed E-state index contributed by atoms with van der Waals surface area (Å²) in [7, 11) is 0. The molecule has 2 amide bonds. The zero-order chi connectivity index (χ0) is 24.3. The molecule has 0 unspecified atom stereocenters. The van der Waals surface area contributed by atoms with Crippen molar-refractivity contribution in [3.63, 3.8) is 0 Å². The Balaban J connectivity index is 1.28. The fraction of sp³-hybridized carbons (Fsp3) is 0.583. The molecule has 3 heterocycles. The monoisotopic (exact) mass is 474 g/mol. The lowest BCUT2D eigenvalue weighted by Gasteiger charge is -2.33. The van der Waals surface area contributed by atoms with Crippen molar-refractivity contribution in [1.29, 1.82) is 0 Å². The van der Waals surface area contributed by atoms with Crippen molar-refractivity contribution in [3.05, 3.63) is 35.5 Å². The second-order valence-electron chi connectivity index (χ2n) is 9.68. The Kier molecular flexibility index (Phi) is 7.16. The number of halogens is 1. The second kappa shape index (κ2) is 10.1. The summed E-state index contributed by atoms with van der Waals surface area (Å²) in [6, 6.07) is 4.34. The largest absolute Gasteiger partial charge is 0.444 e.